The van der Waals surface area contributed by atoms with E-state index in [0.717, 1.165) is 0 Å². The fraction of sp³-hybridized carbons (Fsp3) is 0. The zero-order valence-corrected chi connectivity index (χ0v) is 8.37. The van der Waals surface area contributed by atoms with E-state index in [2.05, 4.69) is 22.4 Å². The standard InChI is InChI=1S/C6H5.C3H3N2.Sc/c1-2-4-6-5-3-1;1-2-5-3-4-1;/h1-5H;1-2H,(H,4,5);/q2*-1;. The molecule has 0 aliphatic rings. The summed E-state index contributed by atoms with van der Waals surface area (Å²) in [4.78, 5) is 6.17. The molecule has 1 aromatic carbocycles. The smallest absolute Gasteiger partial charge is 0 e. The molecule has 1 N–H and O–H groups in total. The summed E-state index contributed by atoms with van der Waals surface area (Å²) in [5.74, 6) is 0. The van der Waals surface area contributed by atoms with Crippen LogP contribution in [0.1, 0.15) is 0 Å². The molecule has 0 amide bonds. The van der Waals surface area contributed by atoms with Crippen LogP contribution >= 0.6 is 0 Å². The summed E-state index contributed by atoms with van der Waals surface area (Å²) in [5, 5.41) is 0. The van der Waals surface area contributed by atoms with Crippen LogP contribution < -0.4 is 0 Å². The zero-order chi connectivity index (χ0) is 7.78. The van der Waals surface area contributed by atoms with Crippen molar-refractivity contribution in [3.63, 3.8) is 0 Å². The van der Waals surface area contributed by atoms with Crippen LogP contribution in [0.3, 0.4) is 0 Å². The van der Waals surface area contributed by atoms with Gasteiger partial charge in [0.15, 0.2) is 0 Å². The van der Waals surface area contributed by atoms with E-state index in [9.17, 15) is 0 Å². The number of imidazole rings is 1. The Labute approximate surface area is 90.8 Å². The van der Waals surface area contributed by atoms with Crippen LogP contribution in [0.5, 0.6) is 0 Å². The molecular formula is C9H8N2Sc-2. The maximum absolute atomic E-state index is 3.54. The van der Waals surface area contributed by atoms with Crippen LogP contribution in [-0.4, -0.2) is 9.97 Å². The second kappa shape index (κ2) is 8.40. The molecule has 0 aliphatic carbocycles. The molecule has 2 aromatic rings. The minimum absolute atomic E-state index is 0. The van der Waals surface area contributed by atoms with E-state index in [0.29, 0.717) is 0 Å². The van der Waals surface area contributed by atoms with Gasteiger partial charge in [0.2, 0.25) is 0 Å². The molecule has 0 bridgehead atoms. The van der Waals surface area contributed by atoms with Gasteiger partial charge in [-0.05, 0) is 6.33 Å². The van der Waals surface area contributed by atoms with Crippen molar-refractivity contribution in [1.82, 2.24) is 9.97 Å². The number of benzene rings is 1. The number of hydrogen-bond donors (Lipinski definition) is 1. The Bertz CT molecular complexity index is 198. The first kappa shape index (κ1) is 11.3. The quantitative estimate of drug-likeness (QED) is 0.627. The predicted molar refractivity (Wildman–Crippen MR) is 42.7 cm³/mol. The van der Waals surface area contributed by atoms with Crippen LogP contribution in [0.15, 0.2) is 42.7 Å². The molecule has 1 heterocycles. The third-order valence-electron chi connectivity index (χ3n) is 0.969. The number of H-pyrrole nitrogens is 1. The summed E-state index contributed by atoms with van der Waals surface area (Å²) in [6.45, 7) is 0. The van der Waals surface area contributed by atoms with Gasteiger partial charge in [-0.3, -0.25) is 0 Å². The Morgan fingerprint density at radius 2 is 1.83 bits per heavy atom. The SMILES string of the molecule is [Sc].[c-]1ccccc1.[c-]1ncc[nH]1. The van der Waals surface area contributed by atoms with Crippen molar-refractivity contribution >= 4 is 0 Å². The molecule has 1 aromatic heterocycles. The van der Waals surface area contributed by atoms with Gasteiger partial charge in [0.1, 0.15) is 0 Å². The molecule has 1 radical (unpaired) electrons. The Hall–Kier alpha value is -0.700. The minimum atomic E-state index is 0. The van der Waals surface area contributed by atoms with Crippen molar-refractivity contribution in [2.24, 2.45) is 0 Å². The number of aromatic nitrogens is 2. The van der Waals surface area contributed by atoms with Crippen molar-refractivity contribution in [3.05, 3.63) is 55.1 Å². The normalized spacial score (nSPS) is 7.33. The first-order chi connectivity index (χ1) is 5.50. The van der Waals surface area contributed by atoms with Gasteiger partial charge in [-0.2, -0.15) is 36.4 Å². The van der Waals surface area contributed by atoms with E-state index in [4.69, 9.17) is 0 Å². The van der Waals surface area contributed by atoms with Gasteiger partial charge < -0.3 is 9.97 Å². The molecule has 3 heteroatoms. The Kier molecular flexibility index (Phi) is 7.91. The molecule has 0 aliphatic heterocycles. The van der Waals surface area contributed by atoms with Crippen molar-refractivity contribution in [3.8, 4) is 0 Å². The summed E-state index contributed by atoms with van der Waals surface area (Å²) >= 11 is 0. The third-order valence-corrected chi connectivity index (χ3v) is 0.969. The van der Waals surface area contributed by atoms with Crippen molar-refractivity contribution in [2.45, 2.75) is 0 Å². The Balaban J connectivity index is 0.000000189. The molecular weight excluding hydrogens is 181 g/mol. The fourth-order valence-corrected chi connectivity index (χ4v) is 0.528. The van der Waals surface area contributed by atoms with Crippen LogP contribution in [0, 0.1) is 12.4 Å². The number of nitrogens with one attached hydrogen (secondary N) is 1. The molecule has 59 valence electrons. The van der Waals surface area contributed by atoms with Gasteiger partial charge in [0.25, 0.3) is 0 Å². The summed E-state index contributed by atoms with van der Waals surface area (Å²) in [6, 6.07) is 12.5. The van der Waals surface area contributed by atoms with Gasteiger partial charge in [0.05, 0.1) is 0 Å². The first-order valence-corrected chi connectivity index (χ1v) is 3.26. The third kappa shape index (κ3) is 6.04. The van der Waals surface area contributed by atoms with Crippen molar-refractivity contribution < 1.29 is 25.8 Å². The molecule has 2 rings (SSSR count). The number of nitrogens with zero attached hydrogens (tertiary/aromatic N) is 1. The average molecular weight is 189 g/mol. The summed E-state index contributed by atoms with van der Waals surface area (Å²) in [7, 11) is 0. The molecule has 0 spiro atoms. The van der Waals surface area contributed by atoms with E-state index in [1.165, 1.54) is 0 Å². The van der Waals surface area contributed by atoms with E-state index < -0.39 is 0 Å². The Morgan fingerprint density at radius 1 is 1.08 bits per heavy atom. The average Bonchev–Trinajstić information content (AvgIpc) is 2.64. The fourth-order valence-electron chi connectivity index (χ4n) is 0.528. The second-order valence-corrected chi connectivity index (χ2v) is 1.78. The molecule has 0 saturated carbocycles. The molecule has 0 saturated heterocycles. The van der Waals surface area contributed by atoms with Crippen LogP contribution in [0.4, 0.5) is 0 Å². The summed E-state index contributed by atoms with van der Waals surface area (Å²) in [5.41, 5.74) is 0. The molecule has 12 heavy (non-hydrogen) atoms. The first-order valence-electron chi connectivity index (χ1n) is 3.26. The minimum Gasteiger partial charge on any atom is -0.467 e. The monoisotopic (exact) mass is 189 g/mol. The zero-order valence-electron chi connectivity index (χ0n) is 6.57. The van der Waals surface area contributed by atoms with E-state index >= 15 is 0 Å². The molecule has 0 atom stereocenters. The van der Waals surface area contributed by atoms with Crippen LogP contribution in [0.2, 0.25) is 0 Å². The molecule has 0 unspecified atom stereocenters. The predicted octanol–water partition coefficient (Wildman–Crippen LogP) is 1.69. The molecule has 2 nitrogen and oxygen atoms in total. The number of hydrogen-bond acceptors (Lipinski definition) is 1. The maximum Gasteiger partial charge on any atom is 0 e. The van der Waals surface area contributed by atoms with Crippen LogP contribution in [0.25, 0.3) is 0 Å². The second-order valence-electron chi connectivity index (χ2n) is 1.78. The van der Waals surface area contributed by atoms with Crippen molar-refractivity contribution in [2.75, 3.05) is 0 Å². The Morgan fingerprint density at radius 3 is 2.00 bits per heavy atom. The van der Waals surface area contributed by atoms with E-state index in [-0.39, 0.29) is 25.8 Å². The van der Waals surface area contributed by atoms with Crippen LogP contribution in [-0.2, 0) is 25.8 Å². The topological polar surface area (TPSA) is 28.7 Å². The maximum atomic E-state index is 3.54. The molecule has 0 fully saturated rings. The van der Waals surface area contributed by atoms with E-state index in [1.54, 1.807) is 12.4 Å². The van der Waals surface area contributed by atoms with Gasteiger partial charge in [-0.1, -0.05) is 0 Å². The number of rotatable bonds is 0. The van der Waals surface area contributed by atoms with Gasteiger partial charge in [-0.25, -0.2) is 0 Å². The van der Waals surface area contributed by atoms with Gasteiger partial charge in [0, 0.05) is 25.8 Å². The van der Waals surface area contributed by atoms with E-state index in [1.807, 2.05) is 30.3 Å². The number of aromatic amines is 1. The van der Waals surface area contributed by atoms with Gasteiger partial charge >= 0.3 is 0 Å². The summed E-state index contributed by atoms with van der Waals surface area (Å²) < 4.78 is 0. The van der Waals surface area contributed by atoms with Gasteiger partial charge in [-0.15, -0.1) is 12.4 Å². The largest absolute Gasteiger partial charge is 0.467 e. The summed E-state index contributed by atoms with van der Waals surface area (Å²) in [6.07, 6.45) is 5.83. The van der Waals surface area contributed by atoms with Crippen molar-refractivity contribution in [1.29, 1.82) is 0 Å².